The minimum Gasteiger partial charge on any atom is -0.478 e. The maximum Gasteiger partial charge on any atom is 0.338 e. The molecule has 7 nitrogen and oxygen atoms in total. The molecule has 0 aliphatic heterocycles. The van der Waals surface area contributed by atoms with Crippen molar-refractivity contribution in [2.24, 2.45) is 0 Å². The molecule has 168 valence electrons. The number of halogens is 2. The highest BCUT2D eigenvalue weighted by atomic mass is 19.1. The average molecular weight is 451 g/mol. The van der Waals surface area contributed by atoms with Crippen LogP contribution in [0.4, 0.5) is 14.6 Å². The van der Waals surface area contributed by atoms with Crippen LogP contribution in [0.25, 0.3) is 33.6 Å². The first-order valence-electron chi connectivity index (χ1n) is 10.1. The number of amides is 1. The van der Waals surface area contributed by atoms with E-state index in [0.717, 1.165) is 6.07 Å². The molecule has 9 heteroatoms. The number of benzene rings is 2. The number of carboxylic acids is 1. The van der Waals surface area contributed by atoms with E-state index in [1.165, 1.54) is 43.4 Å². The molecule has 2 heterocycles. The minimum atomic E-state index is -1.40. The summed E-state index contributed by atoms with van der Waals surface area (Å²) in [5.74, 6) is -2.56. The zero-order valence-electron chi connectivity index (χ0n) is 17.7. The van der Waals surface area contributed by atoms with Gasteiger partial charge in [-0.05, 0) is 55.0 Å². The van der Waals surface area contributed by atoms with Crippen LogP contribution < -0.4 is 10.6 Å². The van der Waals surface area contributed by atoms with Gasteiger partial charge in [0.1, 0.15) is 23.2 Å². The van der Waals surface area contributed by atoms with Gasteiger partial charge in [-0.3, -0.25) is 4.79 Å². The van der Waals surface area contributed by atoms with E-state index in [0.29, 0.717) is 34.4 Å². The molecule has 33 heavy (non-hydrogen) atoms. The zero-order valence-corrected chi connectivity index (χ0v) is 17.7. The second-order valence-electron chi connectivity index (χ2n) is 7.16. The van der Waals surface area contributed by atoms with E-state index in [-0.39, 0.29) is 17.0 Å². The summed E-state index contributed by atoms with van der Waals surface area (Å²) in [6, 6.07) is 10.8. The molecule has 0 atom stereocenters. The number of rotatable bonds is 6. The van der Waals surface area contributed by atoms with Gasteiger partial charge in [-0.25, -0.2) is 13.6 Å². The number of furan rings is 1. The number of pyridine rings is 1. The number of hydrogen-bond donors (Lipinski definition) is 3. The third kappa shape index (κ3) is 4.00. The van der Waals surface area contributed by atoms with Gasteiger partial charge in [-0.15, -0.1) is 0 Å². The smallest absolute Gasteiger partial charge is 0.338 e. The highest BCUT2D eigenvalue weighted by molar-refractivity contribution is 6.11. The van der Waals surface area contributed by atoms with Crippen LogP contribution >= 0.6 is 0 Å². The number of nitrogens with one attached hydrogen (secondary N) is 2. The summed E-state index contributed by atoms with van der Waals surface area (Å²) in [5, 5.41) is 15.3. The predicted molar refractivity (Wildman–Crippen MR) is 119 cm³/mol. The number of fused-ring (bicyclic) bond motifs is 1. The Hall–Kier alpha value is -4.27. The molecule has 4 aromatic rings. The van der Waals surface area contributed by atoms with E-state index in [4.69, 9.17) is 4.42 Å². The van der Waals surface area contributed by atoms with Crippen molar-refractivity contribution in [3.63, 3.8) is 0 Å². The van der Waals surface area contributed by atoms with Crippen LogP contribution in [0.2, 0.25) is 0 Å². The van der Waals surface area contributed by atoms with Crippen LogP contribution in [0.15, 0.2) is 52.9 Å². The number of carbonyl (C=O) groups is 2. The average Bonchev–Trinajstić information content (AvgIpc) is 3.17. The van der Waals surface area contributed by atoms with Crippen LogP contribution in [0, 0.1) is 11.6 Å². The van der Waals surface area contributed by atoms with Crippen molar-refractivity contribution in [3.05, 3.63) is 71.3 Å². The molecule has 0 saturated carbocycles. The molecule has 0 fully saturated rings. The maximum absolute atomic E-state index is 14.0. The summed E-state index contributed by atoms with van der Waals surface area (Å²) >= 11 is 0. The maximum atomic E-state index is 14.0. The Kier molecular flexibility index (Phi) is 5.78. The summed E-state index contributed by atoms with van der Waals surface area (Å²) in [6.45, 7) is 2.34. The zero-order chi connectivity index (χ0) is 23.7. The molecule has 0 spiro atoms. The Morgan fingerprint density at radius 2 is 1.76 bits per heavy atom. The van der Waals surface area contributed by atoms with Gasteiger partial charge in [-0.1, -0.05) is 6.07 Å². The van der Waals surface area contributed by atoms with Gasteiger partial charge in [0.15, 0.2) is 0 Å². The summed E-state index contributed by atoms with van der Waals surface area (Å²) in [6.07, 6.45) is 0. The van der Waals surface area contributed by atoms with Crippen molar-refractivity contribution >= 4 is 28.8 Å². The number of carbonyl (C=O) groups excluding carboxylic acids is 1. The van der Waals surface area contributed by atoms with Crippen LogP contribution in [0.5, 0.6) is 0 Å². The fourth-order valence-corrected chi connectivity index (χ4v) is 3.56. The molecule has 0 unspecified atom stereocenters. The molecular formula is C24H19F2N3O4. The molecule has 2 aromatic carbocycles. The first-order valence-corrected chi connectivity index (χ1v) is 10.1. The Balaban J connectivity index is 2.01. The summed E-state index contributed by atoms with van der Waals surface area (Å²) < 4.78 is 33.3. The number of aromatic carboxylic acids is 1. The summed E-state index contributed by atoms with van der Waals surface area (Å²) in [7, 11) is 1.47. The second-order valence-corrected chi connectivity index (χ2v) is 7.16. The Morgan fingerprint density at radius 1 is 1.06 bits per heavy atom. The van der Waals surface area contributed by atoms with Gasteiger partial charge in [0.25, 0.3) is 5.91 Å². The van der Waals surface area contributed by atoms with Crippen LogP contribution in [0.1, 0.15) is 27.6 Å². The van der Waals surface area contributed by atoms with Crippen molar-refractivity contribution in [1.82, 2.24) is 10.3 Å². The van der Waals surface area contributed by atoms with E-state index in [1.54, 1.807) is 6.07 Å². The molecule has 0 saturated heterocycles. The Bertz CT molecular complexity index is 1380. The molecule has 4 rings (SSSR count). The molecule has 0 aliphatic carbocycles. The first-order chi connectivity index (χ1) is 15.8. The van der Waals surface area contributed by atoms with Crippen molar-refractivity contribution in [2.75, 3.05) is 18.9 Å². The van der Waals surface area contributed by atoms with Gasteiger partial charge in [0, 0.05) is 24.7 Å². The normalized spacial score (nSPS) is 10.9. The lowest BCUT2D eigenvalue weighted by Crippen LogP contribution is -2.18. The summed E-state index contributed by atoms with van der Waals surface area (Å²) in [4.78, 5) is 28.7. The fraction of sp³-hybridized carbons (Fsp3) is 0.125. The number of anilines is 1. The van der Waals surface area contributed by atoms with Crippen molar-refractivity contribution in [3.8, 4) is 22.5 Å². The van der Waals surface area contributed by atoms with E-state index in [2.05, 4.69) is 15.6 Å². The number of carboxylic acid groups (broad SMARTS) is 1. The van der Waals surface area contributed by atoms with E-state index in [1.807, 2.05) is 6.92 Å². The van der Waals surface area contributed by atoms with Gasteiger partial charge < -0.3 is 20.2 Å². The van der Waals surface area contributed by atoms with Crippen LogP contribution in [-0.4, -0.2) is 35.6 Å². The molecule has 0 radical (unpaired) electrons. The number of aromatic nitrogens is 1. The van der Waals surface area contributed by atoms with E-state index in [9.17, 15) is 23.5 Å². The standard InChI is InChI=1S/C24H19F2N3O4/c1-3-28-21-15(13-6-9-18(26)16(10-13)24(31)32)11-17-19(22(30)27-2)20(33-23(17)29-21)12-4-7-14(25)8-5-12/h4-11H,3H2,1-2H3,(H,27,30)(H,28,29)(H,31,32). The Labute approximate surface area is 187 Å². The molecular weight excluding hydrogens is 432 g/mol. The monoisotopic (exact) mass is 451 g/mol. The van der Waals surface area contributed by atoms with Crippen LogP contribution in [0.3, 0.4) is 0 Å². The van der Waals surface area contributed by atoms with Crippen molar-refractivity contribution in [2.45, 2.75) is 6.92 Å². The number of nitrogens with zero attached hydrogens (tertiary/aromatic N) is 1. The lowest BCUT2D eigenvalue weighted by molar-refractivity contribution is 0.0691. The molecule has 3 N–H and O–H groups in total. The predicted octanol–water partition coefficient (Wildman–Crippen LogP) is 4.93. The third-order valence-corrected chi connectivity index (χ3v) is 5.10. The van der Waals surface area contributed by atoms with Gasteiger partial charge in [0.05, 0.1) is 16.5 Å². The van der Waals surface area contributed by atoms with Crippen molar-refractivity contribution in [1.29, 1.82) is 0 Å². The van der Waals surface area contributed by atoms with Crippen LogP contribution in [-0.2, 0) is 0 Å². The van der Waals surface area contributed by atoms with Gasteiger partial charge in [0.2, 0.25) is 5.71 Å². The lowest BCUT2D eigenvalue weighted by Gasteiger charge is -2.11. The highest BCUT2D eigenvalue weighted by Crippen LogP contribution is 2.38. The summed E-state index contributed by atoms with van der Waals surface area (Å²) in [5.41, 5.74) is 1.20. The van der Waals surface area contributed by atoms with Gasteiger partial charge >= 0.3 is 5.97 Å². The minimum absolute atomic E-state index is 0.160. The van der Waals surface area contributed by atoms with Gasteiger partial charge in [-0.2, -0.15) is 4.98 Å². The molecule has 0 aliphatic rings. The molecule has 2 aromatic heterocycles. The Morgan fingerprint density at radius 3 is 2.39 bits per heavy atom. The molecule has 1 amide bonds. The fourth-order valence-electron chi connectivity index (χ4n) is 3.56. The second kappa shape index (κ2) is 8.70. The van der Waals surface area contributed by atoms with E-state index >= 15 is 0 Å². The SMILES string of the molecule is CCNc1nc2oc(-c3ccc(F)cc3)c(C(=O)NC)c2cc1-c1ccc(F)c(C(=O)O)c1. The largest absolute Gasteiger partial charge is 0.478 e. The molecule has 0 bridgehead atoms. The third-order valence-electron chi connectivity index (χ3n) is 5.10. The highest BCUT2D eigenvalue weighted by Gasteiger charge is 2.25. The van der Waals surface area contributed by atoms with E-state index < -0.39 is 29.1 Å². The number of hydrogen-bond acceptors (Lipinski definition) is 5. The topological polar surface area (TPSA) is 104 Å². The van der Waals surface area contributed by atoms with Crippen molar-refractivity contribution < 1.29 is 27.9 Å². The quantitative estimate of drug-likeness (QED) is 0.384. The first kappa shape index (κ1) is 21.9. The lowest BCUT2D eigenvalue weighted by atomic mass is 10.00.